The van der Waals surface area contributed by atoms with Crippen molar-refractivity contribution in [3.8, 4) is 0 Å². The molecule has 5 aromatic rings. The summed E-state index contributed by atoms with van der Waals surface area (Å²) in [5, 5.41) is 0. The molecule has 5 aromatic carbocycles. The molecule has 0 heterocycles. The first-order chi connectivity index (χ1) is 21.4. The van der Waals surface area contributed by atoms with Gasteiger partial charge in [-0.3, -0.25) is 0 Å². The summed E-state index contributed by atoms with van der Waals surface area (Å²) in [4.78, 5) is 0. The number of nitrogen functional groups attached to an aromatic ring is 1. The third kappa shape index (κ3) is 7.62. The highest BCUT2D eigenvalue weighted by Crippen LogP contribution is 2.52. The number of anilines is 1. The van der Waals surface area contributed by atoms with E-state index in [1.54, 1.807) is 6.08 Å². The van der Waals surface area contributed by atoms with Crippen molar-refractivity contribution >= 4 is 17.8 Å². The zero-order valence-electron chi connectivity index (χ0n) is 26.4. The van der Waals surface area contributed by atoms with Gasteiger partial charge in [0.25, 0.3) is 0 Å². The second-order valence-electron chi connectivity index (χ2n) is 11.1. The van der Waals surface area contributed by atoms with Crippen LogP contribution in [0.4, 0.5) is 5.69 Å². The van der Waals surface area contributed by atoms with Crippen molar-refractivity contribution in [3.05, 3.63) is 208 Å². The molecule has 0 spiro atoms. The molecule has 1 aliphatic rings. The first kappa shape index (κ1) is 31.8. The van der Waals surface area contributed by atoms with Crippen molar-refractivity contribution in [1.82, 2.24) is 0 Å². The number of fused-ring (bicyclic) bond motifs is 1. The molecule has 0 saturated carbocycles. The standard InChI is InChI=1S/C27H24.C8H9N.C8H10/c1-3-4-7-16-25-20-22-18-17-21(2)19-26(22)27(25,23-12-8-5-9-13-23)24-14-10-6-11-15-24;1-2-7-3-5-8(9)6-4-7;1-7-3-5-8(2)6-4-7/h3-20H,1-2H3;2-6H,1,9H2;3-6H,1-2H3/b4-3-,16-7-;;. The highest BCUT2D eigenvalue weighted by Gasteiger charge is 2.43. The number of rotatable bonds is 5. The minimum absolute atomic E-state index is 0.290. The third-order valence-corrected chi connectivity index (χ3v) is 7.74. The zero-order chi connectivity index (χ0) is 31.4. The minimum Gasteiger partial charge on any atom is -0.399 e. The quantitative estimate of drug-likeness (QED) is 0.164. The monoisotopic (exact) mass is 573 g/mol. The van der Waals surface area contributed by atoms with Crippen LogP contribution >= 0.6 is 0 Å². The van der Waals surface area contributed by atoms with Crippen LogP contribution in [0.15, 0.2) is 164 Å². The number of allylic oxidation sites excluding steroid dienone is 5. The summed E-state index contributed by atoms with van der Waals surface area (Å²) in [5.74, 6) is 0. The van der Waals surface area contributed by atoms with Gasteiger partial charge in [0, 0.05) is 5.69 Å². The number of nitrogens with two attached hydrogens (primary N) is 1. The number of benzene rings is 5. The van der Waals surface area contributed by atoms with Gasteiger partial charge in [0.15, 0.2) is 0 Å². The van der Waals surface area contributed by atoms with Crippen LogP contribution in [-0.4, -0.2) is 0 Å². The molecule has 0 amide bonds. The van der Waals surface area contributed by atoms with Gasteiger partial charge in [-0.2, -0.15) is 0 Å². The van der Waals surface area contributed by atoms with E-state index in [1.807, 2.05) is 31.2 Å². The zero-order valence-corrected chi connectivity index (χ0v) is 26.4. The van der Waals surface area contributed by atoms with Gasteiger partial charge in [0.2, 0.25) is 0 Å². The van der Waals surface area contributed by atoms with Gasteiger partial charge in [0.1, 0.15) is 0 Å². The summed E-state index contributed by atoms with van der Waals surface area (Å²) in [7, 11) is 0. The van der Waals surface area contributed by atoms with Crippen molar-refractivity contribution in [2.45, 2.75) is 33.1 Å². The normalized spacial score (nSPS) is 12.9. The Morgan fingerprint density at radius 3 is 1.64 bits per heavy atom. The van der Waals surface area contributed by atoms with Crippen LogP contribution in [-0.2, 0) is 5.41 Å². The molecule has 0 atom stereocenters. The van der Waals surface area contributed by atoms with Crippen molar-refractivity contribution in [1.29, 1.82) is 0 Å². The molecular formula is C43H43N. The fraction of sp³-hybridized carbons (Fsp3) is 0.116. The van der Waals surface area contributed by atoms with E-state index in [-0.39, 0.29) is 5.41 Å². The Hall–Kier alpha value is -5.14. The topological polar surface area (TPSA) is 26.0 Å². The predicted molar refractivity (Wildman–Crippen MR) is 193 cm³/mol. The second-order valence-corrected chi connectivity index (χ2v) is 11.1. The third-order valence-electron chi connectivity index (χ3n) is 7.74. The van der Waals surface area contributed by atoms with Crippen LogP contribution in [0.3, 0.4) is 0 Å². The smallest absolute Gasteiger partial charge is 0.0707 e. The van der Waals surface area contributed by atoms with Gasteiger partial charge in [-0.05, 0) is 79.3 Å². The SMILES string of the molecule is C/C=C\C=C/C1=Cc2ccc(C)cc2C1(c1ccccc1)c1ccccc1.C=Cc1ccc(N)cc1.Cc1ccc(C)cc1. The maximum Gasteiger partial charge on any atom is 0.0707 e. The number of hydrogen-bond acceptors (Lipinski definition) is 1. The van der Waals surface area contributed by atoms with Crippen LogP contribution in [0.5, 0.6) is 0 Å². The van der Waals surface area contributed by atoms with Crippen molar-refractivity contribution < 1.29 is 0 Å². The Bertz CT molecular complexity index is 1660. The molecule has 1 nitrogen and oxygen atoms in total. The molecule has 0 bridgehead atoms. The molecule has 1 heteroatoms. The molecule has 2 N–H and O–H groups in total. The van der Waals surface area contributed by atoms with E-state index in [0.29, 0.717) is 0 Å². The maximum absolute atomic E-state index is 5.45. The van der Waals surface area contributed by atoms with E-state index in [1.165, 1.54) is 44.5 Å². The summed E-state index contributed by atoms with van der Waals surface area (Å²) in [6.45, 7) is 12.0. The Balaban J connectivity index is 0.000000211. The lowest BCUT2D eigenvalue weighted by Crippen LogP contribution is -2.29. The van der Waals surface area contributed by atoms with Gasteiger partial charge >= 0.3 is 0 Å². The van der Waals surface area contributed by atoms with Gasteiger partial charge in [0.05, 0.1) is 5.41 Å². The lowest BCUT2D eigenvalue weighted by molar-refractivity contribution is 0.761. The highest BCUT2D eigenvalue weighted by atomic mass is 14.5. The van der Waals surface area contributed by atoms with Gasteiger partial charge in [-0.25, -0.2) is 0 Å². The summed E-state index contributed by atoms with van der Waals surface area (Å²) in [6.07, 6.45) is 12.7. The van der Waals surface area contributed by atoms with Crippen molar-refractivity contribution in [2.24, 2.45) is 0 Å². The lowest BCUT2D eigenvalue weighted by atomic mass is 9.66. The Kier molecular flexibility index (Phi) is 11.1. The average molecular weight is 574 g/mol. The molecule has 0 aliphatic heterocycles. The Labute approximate surface area is 264 Å². The molecule has 0 fully saturated rings. The predicted octanol–water partition coefficient (Wildman–Crippen LogP) is 11.1. The molecular weight excluding hydrogens is 530 g/mol. The number of aryl methyl sites for hydroxylation is 3. The van der Waals surface area contributed by atoms with E-state index >= 15 is 0 Å². The van der Waals surface area contributed by atoms with Gasteiger partial charge in [-0.1, -0.05) is 169 Å². The average Bonchev–Trinajstić information content (AvgIpc) is 3.38. The molecule has 0 saturated heterocycles. The molecule has 1 aliphatic carbocycles. The van der Waals surface area contributed by atoms with Crippen LogP contribution in [0.2, 0.25) is 0 Å². The fourth-order valence-electron chi connectivity index (χ4n) is 5.45. The Morgan fingerprint density at radius 1 is 0.614 bits per heavy atom. The largest absolute Gasteiger partial charge is 0.399 e. The summed E-state index contributed by atoms with van der Waals surface area (Å²) >= 11 is 0. The van der Waals surface area contributed by atoms with Crippen LogP contribution < -0.4 is 5.73 Å². The van der Waals surface area contributed by atoms with Gasteiger partial charge in [-0.15, -0.1) is 0 Å². The van der Waals surface area contributed by atoms with E-state index in [9.17, 15) is 0 Å². The van der Waals surface area contributed by atoms with Crippen LogP contribution in [0, 0.1) is 20.8 Å². The van der Waals surface area contributed by atoms with Crippen molar-refractivity contribution in [3.63, 3.8) is 0 Å². The first-order valence-electron chi connectivity index (χ1n) is 15.1. The fourth-order valence-corrected chi connectivity index (χ4v) is 5.45. The van der Waals surface area contributed by atoms with Gasteiger partial charge < -0.3 is 5.73 Å². The molecule has 0 unspecified atom stereocenters. The summed E-state index contributed by atoms with van der Waals surface area (Å²) < 4.78 is 0. The molecule has 6 rings (SSSR count). The molecule has 220 valence electrons. The lowest BCUT2D eigenvalue weighted by Gasteiger charge is -2.35. The number of hydrogen-bond donors (Lipinski definition) is 1. The summed E-state index contributed by atoms with van der Waals surface area (Å²) in [6, 6.07) is 44.6. The van der Waals surface area contributed by atoms with E-state index in [0.717, 1.165) is 11.3 Å². The molecule has 0 radical (unpaired) electrons. The Morgan fingerprint density at radius 2 is 1.14 bits per heavy atom. The van der Waals surface area contributed by atoms with E-state index < -0.39 is 0 Å². The van der Waals surface area contributed by atoms with Crippen molar-refractivity contribution in [2.75, 3.05) is 5.73 Å². The van der Waals surface area contributed by atoms with E-state index in [2.05, 4.69) is 161 Å². The van der Waals surface area contributed by atoms with E-state index in [4.69, 9.17) is 5.73 Å². The molecule has 0 aromatic heterocycles. The van der Waals surface area contributed by atoms with Crippen LogP contribution in [0.1, 0.15) is 51.4 Å². The minimum atomic E-state index is -0.290. The van der Waals surface area contributed by atoms with Crippen LogP contribution in [0.25, 0.3) is 12.2 Å². The maximum atomic E-state index is 5.45. The highest BCUT2D eigenvalue weighted by molar-refractivity contribution is 5.79. The summed E-state index contributed by atoms with van der Waals surface area (Å²) in [5.41, 5.74) is 17.6. The second kappa shape index (κ2) is 15.4. The first-order valence-corrected chi connectivity index (χ1v) is 15.1. The molecule has 44 heavy (non-hydrogen) atoms.